The maximum Gasteiger partial charge on any atom is 0.242 e. The van der Waals surface area contributed by atoms with Crippen molar-refractivity contribution in [2.75, 3.05) is 0 Å². The zero-order chi connectivity index (χ0) is 22.4. The first-order valence-electron chi connectivity index (χ1n) is 9.56. The van der Waals surface area contributed by atoms with Gasteiger partial charge in [0, 0.05) is 5.56 Å². The summed E-state index contributed by atoms with van der Waals surface area (Å²) in [6.45, 7) is 0. The molecule has 0 radical (unpaired) electrons. The van der Waals surface area contributed by atoms with E-state index in [1.165, 1.54) is 34.9 Å². The van der Waals surface area contributed by atoms with Crippen LogP contribution in [0.25, 0.3) is 26.6 Å². The third-order valence-corrected chi connectivity index (χ3v) is 6.06. The monoisotopic (exact) mass is 446 g/mol. The van der Waals surface area contributed by atoms with E-state index in [-0.39, 0.29) is 22.1 Å². The standard InChI is InChI=1S/C24H15FN2O4S/c25-15-8-11-17-18(12-15)32-24(26-17)27-20(13-6-9-16(28)10-7-13)19(22(30)23(27)31)21(29)14-4-2-1-3-5-14/h1-12,28,30-31H. The minimum Gasteiger partial charge on any atom is -0.508 e. The predicted octanol–water partition coefficient (Wildman–Crippen LogP) is 5.24. The number of ketones is 1. The fourth-order valence-electron chi connectivity index (χ4n) is 3.56. The Morgan fingerprint density at radius 2 is 1.66 bits per heavy atom. The molecule has 32 heavy (non-hydrogen) atoms. The average Bonchev–Trinajstić information content (AvgIpc) is 3.32. The fraction of sp³-hybridized carbons (Fsp3) is 0. The number of thiazole rings is 1. The van der Waals surface area contributed by atoms with Crippen molar-refractivity contribution in [3.05, 3.63) is 89.7 Å². The highest BCUT2D eigenvalue weighted by atomic mass is 32.1. The van der Waals surface area contributed by atoms with Crippen LogP contribution < -0.4 is 0 Å². The summed E-state index contributed by atoms with van der Waals surface area (Å²) in [6, 6.07) is 18.5. The number of aromatic nitrogens is 2. The lowest BCUT2D eigenvalue weighted by molar-refractivity contribution is 0.103. The summed E-state index contributed by atoms with van der Waals surface area (Å²) in [5.41, 5.74) is 1.39. The van der Waals surface area contributed by atoms with Crippen molar-refractivity contribution in [1.82, 2.24) is 9.55 Å². The van der Waals surface area contributed by atoms with E-state index in [0.29, 0.717) is 21.3 Å². The molecule has 3 aromatic carbocycles. The average molecular weight is 446 g/mol. The number of hydrogen-bond donors (Lipinski definition) is 3. The third-order valence-electron chi connectivity index (χ3n) is 5.06. The Morgan fingerprint density at radius 3 is 2.38 bits per heavy atom. The number of carbonyl (C=O) groups is 1. The number of halogens is 1. The number of nitrogens with zero attached hydrogens (tertiary/aromatic N) is 2. The summed E-state index contributed by atoms with van der Waals surface area (Å²) < 4.78 is 15.5. The lowest BCUT2D eigenvalue weighted by atomic mass is 9.99. The van der Waals surface area contributed by atoms with Crippen molar-refractivity contribution < 1.29 is 24.5 Å². The van der Waals surface area contributed by atoms with E-state index in [1.54, 1.807) is 42.5 Å². The van der Waals surface area contributed by atoms with Gasteiger partial charge in [-0.3, -0.25) is 9.36 Å². The number of aromatic hydroxyl groups is 3. The summed E-state index contributed by atoms with van der Waals surface area (Å²) in [6.07, 6.45) is 0. The first-order chi connectivity index (χ1) is 15.4. The van der Waals surface area contributed by atoms with Gasteiger partial charge in [-0.05, 0) is 48.0 Å². The molecule has 0 bridgehead atoms. The second-order valence-electron chi connectivity index (χ2n) is 7.08. The molecule has 0 fully saturated rings. The molecule has 6 nitrogen and oxygen atoms in total. The van der Waals surface area contributed by atoms with E-state index < -0.39 is 23.2 Å². The Labute approximate surface area is 185 Å². The minimum atomic E-state index is -0.590. The summed E-state index contributed by atoms with van der Waals surface area (Å²) in [5, 5.41) is 31.6. The van der Waals surface area contributed by atoms with Crippen molar-refractivity contribution in [1.29, 1.82) is 0 Å². The molecule has 5 rings (SSSR count). The van der Waals surface area contributed by atoms with E-state index in [2.05, 4.69) is 4.98 Å². The zero-order valence-corrected chi connectivity index (χ0v) is 17.2. The highest BCUT2D eigenvalue weighted by Crippen LogP contribution is 2.45. The van der Waals surface area contributed by atoms with Crippen molar-refractivity contribution in [3.63, 3.8) is 0 Å². The largest absolute Gasteiger partial charge is 0.508 e. The highest BCUT2D eigenvalue weighted by Gasteiger charge is 2.31. The van der Waals surface area contributed by atoms with Gasteiger partial charge in [-0.1, -0.05) is 41.7 Å². The SMILES string of the molecule is O=C(c1ccccc1)c1c(O)c(O)n(-c2nc3ccc(F)cc3s2)c1-c1ccc(O)cc1. The van der Waals surface area contributed by atoms with Crippen LogP contribution in [0.4, 0.5) is 4.39 Å². The zero-order valence-electron chi connectivity index (χ0n) is 16.4. The van der Waals surface area contributed by atoms with Crippen molar-refractivity contribution >= 4 is 27.3 Å². The molecule has 0 aliphatic heterocycles. The molecule has 5 aromatic rings. The van der Waals surface area contributed by atoms with E-state index in [9.17, 15) is 24.5 Å². The summed E-state index contributed by atoms with van der Waals surface area (Å²) in [4.78, 5) is 17.8. The second kappa shape index (κ2) is 7.51. The van der Waals surface area contributed by atoms with Crippen molar-refractivity contribution in [2.24, 2.45) is 0 Å². The van der Waals surface area contributed by atoms with E-state index in [0.717, 1.165) is 11.3 Å². The molecule has 0 aliphatic carbocycles. The Balaban J connectivity index is 1.81. The van der Waals surface area contributed by atoms with Gasteiger partial charge in [-0.15, -0.1) is 0 Å². The Kier molecular flexibility index (Phi) is 4.64. The minimum absolute atomic E-state index is 0.0201. The summed E-state index contributed by atoms with van der Waals surface area (Å²) in [5.74, 6) is -2.05. The van der Waals surface area contributed by atoms with Crippen LogP contribution >= 0.6 is 11.3 Å². The van der Waals surface area contributed by atoms with Crippen LogP contribution in [0.3, 0.4) is 0 Å². The van der Waals surface area contributed by atoms with Crippen molar-refractivity contribution in [2.45, 2.75) is 0 Å². The van der Waals surface area contributed by atoms with E-state index in [4.69, 9.17) is 0 Å². The van der Waals surface area contributed by atoms with Crippen LogP contribution in [0, 0.1) is 5.82 Å². The normalized spacial score (nSPS) is 11.2. The van der Waals surface area contributed by atoms with Gasteiger partial charge in [-0.25, -0.2) is 9.37 Å². The molecule has 0 unspecified atom stereocenters. The lowest BCUT2D eigenvalue weighted by Gasteiger charge is -2.09. The van der Waals surface area contributed by atoms with Crippen LogP contribution in [0.1, 0.15) is 15.9 Å². The first kappa shape index (κ1) is 19.8. The van der Waals surface area contributed by atoms with Gasteiger partial charge < -0.3 is 15.3 Å². The van der Waals surface area contributed by atoms with Crippen LogP contribution in [-0.2, 0) is 0 Å². The molecule has 0 saturated carbocycles. The second-order valence-corrected chi connectivity index (χ2v) is 8.09. The number of rotatable bonds is 4. The van der Waals surface area contributed by atoms with Gasteiger partial charge in [0.25, 0.3) is 0 Å². The Bertz CT molecular complexity index is 1470. The summed E-state index contributed by atoms with van der Waals surface area (Å²) in [7, 11) is 0. The van der Waals surface area contributed by atoms with Crippen LogP contribution in [0.15, 0.2) is 72.8 Å². The fourth-order valence-corrected chi connectivity index (χ4v) is 4.56. The van der Waals surface area contributed by atoms with Gasteiger partial charge in [0.1, 0.15) is 11.6 Å². The number of carbonyl (C=O) groups excluding carboxylic acids is 1. The molecule has 0 spiro atoms. The molecule has 0 aliphatic rings. The molecule has 2 aromatic heterocycles. The number of hydrogen-bond acceptors (Lipinski definition) is 6. The topological polar surface area (TPSA) is 95.6 Å². The van der Waals surface area contributed by atoms with Crippen LogP contribution in [-0.4, -0.2) is 30.7 Å². The van der Waals surface area contributed by atoms with Crippen molar-refractivity contribution in [3.8, 4) is 33.8 Å². The van der Waals surface area contributed by atoms with Gasteiger partial charge in [0.2, 0.25) is 5.88 Å². The molecular formula is C24H15FN2O4S. The number of phenols is 1. The molecule has 8 heteroatoms. The highest BCUT2D eigenvalue weighted by molar-refractivity contribution is 7.20. The quantitative estimate of drug-likeness (QED) is 0.328. The van der Waals surface area contributed by atoms with E-state index in [1.807, 2.05) is 0 Å². The number of benzene rings is 3. The van der Waals surface area contributed by atoms with E-state index >= 15 is 0 Å². The maximum atomic E-state index is 13.7. The van der Waals surface area contributed by atoms with Gasteiger partial charge in [-0.2, -0.15) is 0 Å². The first-order valence-corrected chi connectivity index (χ1v) is 10.4. The molecular weight excluding hydrogens is 431 g/mol. The van der Waals surface area contributed by atoms with Gasteiger partial charge in [0.15, 0.2) is 16.7 Å². The third kappa shape index (κ3) is 3.17. The smallest absolute Gasteiger partial charge is 0.242 e. The molecule has 0 amide bonds. The van der Waals surface area contributed by atoms with Gasteiger partial charge in [0.05, 0.1) is 21.5 Å². The van der Waals surface area contributed by atoms with Crippen LogP contribution in [0.5, 0.6) is 17.4 Å². The molecule has 2 heterocycles. The number of phenolic OH excluding ortho intramolecular Hbond substituents is 1. The maximum absolute atomic E-state index is 13.7. The molecule has 158 valence electrons. The predicted molar refractivity (Wildman–Crippen MR) is 119 cm³/mol. The molecule has 3 N–H and O–H groups in total. The Hall–Kier alpha value is -4.17. The molecule has 0 saturated heterocycles. The Morgan fingerprint density at radius 1 is 0.938 bits per heavy atom. The number of fused-ring (bicyclic) bond motifs is 1. The molecule has 0 atom stereocenters. The van der Waals surface area contributed by atoms with Crippen LogP contribution in [0.2, 0.25) is 0 Å². The lowest BCUT2D eigenvalue weighted by Crippen LogP contribution is -2.04. The van der Waals surface area contributed by atoms with Gasteiger partial charge >= 0.3 is 0 Å². The summed E-state index contributed by atoms with van der Waals surface area (Å²) >= 11 is 1.10.